The van der Waals surface area contributed by atoms with Gasteiger partial charge in [0.15, 0.2) is 11.5 Å². The molecule has 104 valence electrons. The van der Waals surface area contributed by atoms with Crippen LogP contribution in [0.1, 0.15) is 5.69 Å². The van der Waals surface area contributed by atoms with Gasteiger partial charge >= 0.3 is 6.18 Å². The number of piperazine rings is 1. The maximum atomic E-state index is 12.4. The van der Waals surface area contributed by atoms with Gasteiger partial charge in [-0.1, -0.05) is 0 Å². The van der Waals surface area contributed by atoms with Gasteiger partial charge in [-0.15, -0.1) is 10.2 Å². The fourth-order valence-corrected chi connectivity index (χ4v) is 1.86. The Morgan fingerprint density at radius 1 is 1.42 bits per heavy atom. The molecule has 1 aliphatic heterocycles. The van der Waals surface area contributed by atoms with Crippen LogP contribution in [0.2, 0.25) is 0 Å². The van der Waals surface area contributed by atoms with E-state index in [1.165, 1.54) is 6.07 Å². The Morgan fingerprint density at radius 2 is 2.16 bits per heavy atom. The number of halogens is 3. The molecule has 1 amide bonds. The van der Waals surface area contributed by atoms with Crippen molar-refractivity contribution >= 4 is 11.7 Å². The van der Waals surface area contributed by atoms with E-state index in [1.807, 2.05) is 0 Å². The van der Waals surface area contributed by atoms with Crippen molar-refractivity contribution in [1.82, 2.24) is 15.5 Å². The van der Waals surface area contributed by atoms with E-state index in [9.17, 15) is 18.0 Å². The largest absolute Gasteiger partial charge is 0.435 e. The zero-order valence-electron chi connectivity index (χ0n) is 9.81. The van der Waals surface area contributed by atoms with Crippen LogP contribution in [0.25, 0.3) is 0 Å². The predicted octanol–water partition coefficient (Wildman–Crippen LogP) is -0.241. The summed E-state index contributed by atoms with van der Waals surface area (Å²) in [5, 5.41) is 9.63. The zero-order chi connectivity index (χ0) is 14.0. The molecule has 0 spiro atoms. The number of nitrogens with zero attached hydrogens (tertiary/aromatic N) is 3. The highest BCUT2D eigenvalue weighted by Crippen LogP contribution is 2.27. The van der Waals surface area contributed by atoms with Crippen LogP contribution in [-0.4, -0.2) is 41.8 Å². The van der Waals surface area contributed by atoms with E-state index in [0.29, 0.717) is 19.6 Å². The highest BCUT2D eigenvalue weighted by atomic mass is 19.4. The van der Waals surface area contributed by atoms with E-state index in [0.717, 1.165) is 6.07 Å². The van der Waals surface area contributed by atoms with Crippen molar-refractivity contribution in [2.45, 2.75) is 12.2 Å². The van der Waals surface area contributed by atoms with Crippen LogP contribution in [0.3, 0.4) is 0 Å². The van der Waals surface area contributed by atoms with E-state index < -0.39 is 23.8 Å². The topological polar surface area (TPSA) is 84.1 Å². The van der Waals surface area contributed by atoms with Crippen molar-refractivity contribution in [3.63, 3.8) is 0 Å². The lowest BCUT2D eigenvalue weighted by atomic mass is 10.2. The number of nitrogens with two attached hydrogens (primary N) is 1. The van der Waals surface area contributed by atoms with Crippen LogP contribution in [0.5, 0.6) is 0 Å². The van der Waals surface area contributed by atoms with Gasteiger partial charge in [-0.3, -0.25) is 4.79 Å². The third-order valence-corrected chi connectivity index (χ3v) is 2.81. The number of primary amides is 1. The second-order valence-corrected chi connectivity index (χ2v) is 4.09. The predicted molar refractivity (Wildman–Crippen MR) is 60.2 cm³/mol. The lowest BCUT2D eigenvalue weighted by molar-refractivity contribution is -0.141. The van der Waals surface area contributed by atoms with Gasteiger partial charge < -0.3 is 16.0 Å². The van der Waals surface area contributed by atoms with Crippen molar-refractivity contribution in [2.75, 3.05) is 24.5 Å². The summed E-state index contributed by atoms with van der Waals surface area (Å²) < 4.78 is 37.1. The first kappa shape index (κ1) is 13.5. The van der Waals surface area contributed by atoms with E-state index in [4.69, 9.17) is 5.73 Å². The highest BCUT2D eigenvalue weighted by Gasteiger charge is 2.34. The Labute approximate surface area is 106 Å². The molecular weight excluding hydrogens is 263 g/mol. The van der Waals surface area contributed by atoms with E-state index in [1.54, 1.807) is 4.90 Å². The minimum Gasteiger partial charge on any atom is -0.368 e. The fraction of sp³-hybridized carbons (Fsp3) is 0.500. The molecule has 1 aromatic heterocycles. The Bertz CT molecular complexity index is 461. The molecule has 0 saturated carbocycles. The average molecular weight is 275 g/mol. The second kappa shape index (κ2) is 5.00. The Balaban J connectivity index is 2.23. The first-order valence-corrected chi connectivity index (χ1v) is 5.57. The molecule has 0 aromatic carbocycles. The van der Waals surface area contributed by atoms with Gasteiger partial charge in [0.1, 0.15) is 6.04 Å². The van der Waals surface area contributed by atoms with Gasteiger partial charge in [-0.2, -0.15) is 13.2 Å². The number of aromatic nitrogens is 2. The minimum atomic E-state index is -4.53. The van der Waals surface area contributed by atoms with Crippen LogP contribution in [0.15, 0.2) is 12.1 Å². The first-order valence-electron chi connectivity index (χ1n) is 5.57. The summed E-state index contributed by atoms with van der Waals surface area (Å²) in [6.45, 7) is 1.35. The summed E-state index contributed by atoms with van der Waals surface area (Å²) in [5.41, 5.74) is 4.18. The molecule has 9 heteroatoms. The van der Waals surface area contributed by atoms with E-state index >= 15 is 0 Å². The summed E-state index contributed by atoms with van der Waals surface area (Å²) in [4.78, 5) is 12.8. The number of anilines is 1. The SMILES string of the molecule is NC(=O)C1CNCCN1c1ccc(C(F)(F)F)nn1. The lowest BCUT2D eigenvalue weighted by Gasteiger charge is -2.34. The van der Waals surface area contributed by atoms with Crippen molar-refractivity contribution in [3.05, 3.63) is 17.8 Å². The molecule has 0 bridgehead atoms. The van der Waals surface area contributed by atoms with Gasteiger partial charge in [0.05, 0.1) is 0 Å². The smallest absolute Gasteiger partial charge is 0.368 e. The quantitative estimate of drug-likeness (QED) is 0.778. The minimum absolute atomic E-state index is 0.207. The van der Waals surface area contributed by atoms with Crippen molar-refractivity contribution < 1.29 is 18.0 Å². The number of amides is 1. The van der Waals surface area contributed by atoms with Gasteiger partial charge in [0.2, 0.25) is 5.91 Å². The molecule has 1 aliphatic rings. The standard InChI is InChI=1S/C10H12F3N5O/c11-10(12,13)7-1-2-8(17-16-7)18-4-3-15-5-6(18)9(14)19/h1-2,6,15H,3-5H2,(H2,14,19). The third kappa shape index (κ3) is 2.92. The first-order chi connectivity index (χ1) is 8.89. The molecule has 2 rings (SSSR count). The van der Waals surface area contributed by atoms with Crippen molar-refractivity contribution in [1.29, 1.82) is 0 Å². The molecule has 1 atom stereocenters. The normalized spacial score (nSPS) is 20.4. The molecule has 3 N–H and O–H groups in total. The molecule has 1 aromatic rings. The molecule has 0 aliphatic carbocycles. The molecule has 1 unspecified atom stereocenters. The number of carbonyl (C=O) groups excluding carboxylic acids is 1. The molecular formula is C10H12F3N5O. The summed E-state index contributed by atoms with van der Waals surface area (Å²) in [7, 11) is 0. The van der Waals surface area contributed by atoms with E-state index in [-0.39, 0.29) is 5.82 Å². The number of hydrogen-bond acceptors (Lipinski definition) is 5. The third-order valence-electron chi connectivity index (χ3n) is 2.81. The number of alkyl halides is 3. The molecule has 0 radical (unpaired) electrons. The maximum Gasteiger partial charge on any atom is 0.435 e. The van der Waals surface area contributed by atoms with Crippen LogP contribution in [0.4, 0.5) is 19.0 Å². The van der Waals surface area contributed by atoms with Gasteiger partial charge in [0, 0.05) is 19.6 Å². The summed E-state index contributed by atoms with van der Waals surface area (Å²) >= 11 is 0. The molecule has 1 fully saturated rings. The Hall–Kier alpha value is -1.90. The molecule has 2 heterocycles. The van der Waals surface area contributed by atoms with Crippen LogP contribution < -0.4 is 16.0 Å². The van der Waals surface area contributed by atoms with Crippen LogP contribution in [-0.2, 0) is 11.0 Å². The monoisotopic (exact) mass is 275 g/mol. The van der Waals surface area contributed by atoms with Crippen molar-refractivity contribution in [3.8, 4) is 0 Å². The number of hydrogen-bond donors (Lipinski definition) is 2. The lowest BCUT2D eigenvalue weighted by Crippen LogP contribution is -2.57. The summed E-state index contributed by atoms with van der Waals surface area (Å²) in [5.74, 6) is -0.354. The number of nitrogens with one attached hydrogen (secondary N) is 1. The molecule has 19 heavy (non-hydrogen) atoms. The van der Waals surface area contributed by atoms with Crippen molar-refractivity contribution in [2.24, 2.45) is 5.73 Å². The van der Waals surface area contributed by atoms with Gasteiger partial charge in [-0.05, 0) is 12.1 Å². The maximum absolute atomic E-state index is 12.4. The Morgan fingerprint density at radius 3 is 2.68 bits per heavy atom. The summed E-state index contributed by atoms with van der Waals surface area (Å²) in [6, 6.07) is 1.39. The summed E-state index contributed by atoms with van der Waals surface area (Å²) in [6.07, 6.45) is -4.53. The van der Waals surface area contributed by atoms with Crippen LogP contribution >= 0.6 is 0 Å². The molecule has 1 saturated heterocycles. The average Bonchev–Trinajstić information content (AvgIpc) is 2.38. The van der Waals surface area contributed by atoms with Crippen LogP contribution in [0, 0.1) is 0 Å². The van der Waals surface area contributed by atoms with Gasteiger partial charge in [-0.25, -0.2) is 0 Å². The highest BCUT2D eigenvalue weighted by molar-refractivity contribution is 5.83. The molecule has 6 nitrogen and oxygen atoms in total. The zero-order valence-corrected chi connectivity index (χ0v) is 9.81. The fourth-order valence-electron chi connectivity index (χ4n) is 1.86. The van der Waals surface area contributed by atoms with E-state index in [2.05, 4.69) is 15.5 Å². The second-order valence-electron chi connectivity index (χ2n) is 4.09. The Kier molecular flexibility index (Phi) is 3.56. The number of carbonyl (C=O) groups is 1. The van der Waals surface area contributed by atoms with Gasteiger partial charge in [0.25, 0.3) is 0 Å². The number of rotatable bonds is 2.